The largest absolute Gasteiger partial charge is 0.494 e. The molecule has 2 aromatic carbocycles. The smallest absolute Gasteiger partial charge is 0.165 e. The summed E-state index contributed by atoms with van der Waals surface area (Å²) in [6, 6.07) is 12.8. The van der Waals surface area contributed by atoms with Crippen LogP contribution >= 0.6 is 27.3 Å². The summed E-state index contributed by atoms with van der Waals surface area (Å²) in [6.07, 6.45) is 0. The minimum absolute atomic E-state index is 0.237. The van der Waals surface area contributed by atoms with E-state index in [-0.39, 0.29) is 11.6 Å². The second-order valence-corrected chi connectivity index (χ2v) is 6.17. The standard InChI is InChI=1S/C16H11BrFNOS/c1-20-15-6-5-10(8-13(15)18)14-9-21-16(19-14)11-3-2-4-12(17)7-11/h2-9H,1H3. The van der Waals surface area contributed by atoms with Gasteiger partial charge in [0, 0.05) is 21.0 Å². The summed E-state index contributed by atoms with van der Waals surface area (Å²) in [5, 5.41) is 2.83. The molecular formula is C16H11BrFNOS. The molecule has 0 spiro atoms. The van der Waals surface area contributed by atoms with E-state index in [1.807, 2.05) is 35.7 Å². The fourth-order valence-corrected chi connectivity index (χ4v) is 3.21. The van der Waals surface area contributed by atoms with Gasteiger partial charge in [-0.15, -0.1) is 11.3 Å². The predicted octanol–water partition coefficient (Wildman–Crippen LogP) is 5.39. The van der Waals surface area contributed by atoms with E-state index in [2.05, 4.69) is 20.9 Å². The Hall–Kier alpha value is -1.72. The maximum absolute atomic E-state index is 13.8. The summed E-state index contributed by atoms with van der Waals surface area (Å²) in [6.45, 7) is 0. The molecule has 0 unspecified atom stereocenters. The lowest BCUT2D eigenvalue weighted by atomic mass is 10.1. The zero-order valence-corrected chi connectivity index (χ0v) is 13.5. The molecule has 2 nitrogen and oxygen atoms in total. The quantitative estimate of drug-likeness (QED) is 0.622. The van der Waals surface area contributed by atoms with Gasteiger partial charge in [-0.05, 0) is 30.3 Å². The molecule has 0 saturated heterocycles. The number of aromatic nitrogens is 1. The molecule has 5 heteroatoms. The number of nitrogens with zero attached hydrogens (tertiary/aromatic N) is 1. The first-order valence-corrected chi connectivity index (χ1v) is 7.90. The van der Waals surface area contributed by atoms with Crippen LogP contribution in [-0.4, -0.2) is 12.1 Å². The summed E-state index contributed by atoms with van der Waals surface area (Å²) < 4.78 is 19.7. The SMILES string of the molecule is COc1ccc(-c2csc(-c3cccc(Br)c3)n2)cc1F. The van der Waals surface area contributed by atoms with Gasteiger partial charge in [-0.1, -0.05) is 28.1 Å². The molecule has 0 atom stereocenters. The zero-order chi connectivity index (χ0) is 14.8. The van der Waals surface area contributed by atoms with E-state index in [0.29, 0.717) is 0 Å². The fourth-order valence-electron chi connectivity index (χ4n) is 1.99. The van der Waals surface area contributed by atoms with Gasteiger partial charge < -0.3 is 4.74 Å². The number of hydrogen-bond acceptors (Lipinski definition) is 3. The molecule has 0 saturated carbocycles. The Balaban J connectivity index is 1.96. The molecule has 3 rings (SSSR count). The Labute approximate surface area is 134 Å². The molecule has 0 bridgehead atoms. The summed E-state index contributed by atoms with van der Waals surface area (Å²) in [5.74, 6) is -0.145. The zero-order valence-electron chi connectivity index (χ0n) is 11.1. The van der Waals surface area contributed by atoms with Crippen LogP contribution < -0.4 is 4.74 Å². The van der Waals surface area contributed by atoms with Crippen molar-refractivity contribution < 1.29 is 9.13 Å². The van der Waals surface area contributed by atoms with Crippen LogP contribution in [0.3, 0.4) is 0 Å². The van der Waals surface area contributed by atoms with Crippen molar-refractivity contribution in [2.24, 2.45) is 0 Å². The Bertz CT molecular complexity index is 787. The van der Waals surface area contributed by atoms with E-state index in [1.165, 1.54) is 24.5 Å². The lowest BCUT2D eigenvalue weighted by Crippen LogP contribution is -1.88. The first-order valence-electron chi connectivity index (χ1n) is 6.23. The van der Waals surface area contributed by atoms with Crippen LogP contribution in [0.15, 0.2) is 52.3 Å². The molecule has 0 aliphatic carbocycles. The summed E-state index contributed by atoms with van der Waals surface area (Å²) in [5.41, 5.74) is 2.54. The van der Waals surface area contributed by atoms with Crippen LogP contribution in [0, 0.1) is 5.82 Å². The Morgan fingerprint density at radius 2 is 2.00 bits per heavy atom. The van der Waals surface area contributed by atoms with Crippen LogP contribution in [0.4, 0.5) is 4.39 Å². The van der Waals surface area contributed by atoms with E-state index in [4.69, 9.17) is 4.74 Å². The third kappa shape index (κ3) is 2.99. The highest BCUT2D eigenvalue weighted by Crippen LogP contribution is 2.31. The molecular weight excluding hydrogens is 353 g/mol. The van der Waals surface area contributed by atoms with Crippen molar-refractivity contribution in [3.8, 4) is 27.6 Å². The van der Waals surface area contributed by atoms with Crippen molar-refractivity contribution in [2.45, 2.75) is 0 Å². The van der Waals surface area contributed by atoms with Crippen molar-refractivity contribution in [3.05, 3.63) is 58.1 Å². The molecule has 0 fully saturated rings. The molecule has 0 radical (unpaired) electrons. The first-order chi connectivity index (χ1) is 10.2. The number of thiazole rings is 1. The molecule has 0 aliphatic rings. The van der Waals surface area contributed by atoms with E-state index in [1.54, 1.807) is 6.07 Å². The molecule has 0 N–H and O–H groups in total. The maximum Gasteiger partial charge on any atom is 0.165 e. The number of halogens is 2. The van der Waals surface area contributed by atoms with Gasteiger partial charge in [-0.3, -0.25) is 0 Å². The highest BCUT2D eigenvalue weighted by molar-refractivity contribution is 9.10. The van der Waals surface area contributed by atoms with Gasteiger partial charge in [0.1, 0.15) is 5.01 Å². The summed E-state index contributed by atoms with van der Waals surface area (Å²) in [4.78, 5) is 4.58. The lowest BCUT2D eigenvalue weighted by Gasteiger charge is -2.03. The minimum atomic E-state index is -0.382. The predicted molar refractivity (Wildman–Crippen MR) is 87.2 cm³/mol. The summed E-state index contributed by atoms with van der Waals surface area (Å²) in [7, 11) is 1.45. The second kappa shape index (κ2) is 5.95. The fraction of sp³-hybridized carbons (Fsp3) is 0.0625. The van der Waals surface area contributed by atoms with Gasteiger partial charge in [0.2, 0.25) is 0 Å². The highest BCUT2D eigenvalue weighted by atomic mass is 79.9. The number of hydrogen-bond donors (Lipinski definition) is 0. The van der Waals surface area contributed by atoms with Gasteiger partial charge in [-0.25, -0.2) is 9.37 Å². The minimum Gasteiger partial charge on any atom is -0.494 e. The highest BCUT2D eigenvalue weighted by Gasteiger charge is 2.10. The molecule has 21 heavy (non-hydrogen) atoms. The van der Waals surface area contributed by atoms with Crippen molar-refractivity contribution in [1.29, 1.82) is 0 Å². The van der Waals surface area contributed by atoms with Gasteiger partial charge >= 0.3 is 0 Å². The van der Waals surface area contributed by atoms with E-state index < -0.39 is 0 Å². The van der Waals surface area contributed by atoms with Gasteiger partial charge in [0.25, 0.3) is 0 Å². The third-order valence-electron chi connectivity index (χ3n) is 3.02. The molecule has 3 aromatic rings. The Morgan fingerprint density at radius 3 is 2.71 bits per heavy atom. The molecule has 1 heterocycles. The van der Waals surface area contributed by atoms with Crippen LogP contribution in [0.5, 0.6) is 5.75 Å². The third-order valence-corrected chi connectivity index (χ3v) is 4.41. The topological polar surface area (TPSA) is 22.1 Å². The van der Waals surface area contributed by atoms with E-state index in [0.717, 1.165) is 26.3 Å². The lowest BCUT2D eigenvalue weighted by molar-refractivity contribution is 0.386. The number of methoxy groups -OCH3 is 1. The van der Waals surface area contributed by atoms with Gasteiger partial charge in [0.15, 0.2) is 11.6 Å². The Kier molecular flexibility index (Phi) is 4.03. The van der Waals surface area contributed by atoms with Gasteiger partial charge in [-0.2, -0.15) is 0 Å². The molecule has 1 aromatic heterocycles. The van der Waals surface area contributed by atoms with E-state index >= 15 is 0 Å². The normalized spacial score (nSPS) is 10.6. The van der Waals surface area contributed by atoms with Gasteiger partial charge in [0.05, 0.1) is 12.8 Å². The van der Waals surface area contributed by atoms with E-state index in [9.17, 15) is 4.39 Å². The number of rotatable bonds is 3. The van der Waals surface area contributed by atoms with Crippen LogP contribution in [0.25, 0.3) is 21.8 Å². The summed E-state index contributed by atoms with van der Waals surface area (Å²) >= 11 is 4.99. The first kappa shape index (κ1) is 14.2. The maximum atomic E-state index is 13.8. The van der Waals surface area contributed by atoms with Crippen molar-refractivity contribution in [2.75, 3.05) is 7.11 Å². The molecule has 106 valence electrons. The second-order valence-electron chi connectivity index (χ2n) is 4.40. The van der Waals surface area contributed by atoms with Crippen LogP contribution in [0.2, 0.25) is 0 Å². The average Bonchev–Trinajstić information content (AvgIpc) is 2.97. The molecule has 0 aliphatic heterocycles. The molecule has 0 amide bonds. The van der Waals surface area contributed by atoms with Crippen LogP contribution in [0.1, 0.15) is 0 Å². The number of benzene rings is 2. The average molecular weight is 364 g/mol. The van der Waals surface area contributed by atoms with Crippen LogP contribution in [-0.2, 0) is 0 Å². The van der Waals surface area contributed by atoms with Crippen molar-refractivity contribution in [3.63, 3.8) is 0 Å². The number of ether oxygens (including phenoxy) is 1. The van der Waals surface area contributed by atoms with Crippen molar-refractivity contribution in [1.82, 2.24) is 4.98 Å². The van der Waals surface area contributed by atoms with Crippen molar-refractivity contribution >= 4 is 27.3 Å². The Morgan fingerprint density at radius 1 is 1.14 bits per heavy atom. The monoisotopic (exact) mass is 363 g/mol.